The smallest absolute Gasteiger partial charge is 0.0648 e. The first-order chi connectivity index (χ1) is 7.18. The highest BCUT2D eigenvalue weighted by Crippen LogP contribution is 2.26. The van der Waals surface area contributed by atoms with Crippen LogP contribution >= 0.6 is 11.3 Å². The summed E-state index contributed by atoms with van der Waals surface area (Å²) in [6.07, 6.45) is 0. The van der Waals surface area contributed by atoms with Crippen LogP contribution in [0, 0.1) is 13.8 Å². The van der Waals surface area contributed by atoms with Gasteiger partial charge in [0.25, 0.3) is 0 Å². The minimum absolute atomic E-state index is 0.0191. The lowest BCUT2D eigenvalue weighted by molar-refractivity contribution is 0.881. The molecule has 0 saturated carbocycles. The third-order valence-electron chi connectivity index (χ3n) is 2.61. The van der Waals surface area contributed by atoms with E-state index in [2.05, 4.69) is 43.5 Å². The Bertz CT molecular complexity index is 446. The van der Waals surface area contributed by atoms with Gasteiger partial charge in [0.15, 0.2) is 0 Å². The molecule has 2 heteroatoms. The van der Waals surface area contributed by atoms with E-state index in [9.17, 15) is 0 Å². The first-order valence-corrected chi connectivity index (χ1v) is 5.92. The predicted molar refractivity (Wildman–Crippen MR) is 66.3 cm³/mol. The Morgan fingerprint density at radius 2 is 2.00 bits per heavy atom. The van der Waals surface area contributed by atoms with E-state index in [4.69, 9.17) is 5.73 Å². The van der Waals surface area contributed by atoms with E-state index in [0.717, 1.165) is 0 Å². The fraction of sp³-hybridized carbons (Fsp3) is 0.231. The van der Waals surface area contributed by atoms with Crippen LogP contribution in [0.25, 0.3) is 0 Å². The highest BCUT2D eigenvalue weighted by Gasteiger charge is 2.11. The van der Waals surface area contributed by atoms with E-state index >= 15 is 0 Å². The lowest BCUT2D eigenvalue weighted by atomic mass is 9.99. The van der Waals surface area contributed by atoms with Crippen molar-refractivity contribution in [1.29, 1.82) is 0 Å². The lowest BCUT2D eigenvalue weighted by Crippen LogP contribution is -2.11. The number of thiophene rings is 1. The molecule has 2 aromatic rings. The van der Waals surface area contributed by atoms with Crippen molar-refractivity contribution >= 4 is 11.3 Å². The van der Waals surface area contributed by atoms with Gasteiger partial charge in [-0.25, -0.2) is 0 Å². The summed E-state index contributed by atoms with van der Waals surface area (Å²) in [6.45, 7) is 4.23. The van der Waals surface area contributed by atoms with E-state index in [-0.39, 0.29) is 6.04 Å². The first kappa shape index (κ1) is 10.4. The van der Waals surface area contributed by atoms with E-state index < -0.39 is 0 Å². The van der Waals surface area contributed by atoms with Crippen LogP contribution in [0.5, 0.6) is 0 Å². The quantitative estimate of drug-likeness (QED) is 0.819. The summed E-state index contributed by atoms with van der Waals surface area (Å²) < 4.78 is 0. The number of rotatable bonds is 2. The highest BCUT2D eigenvalue weighted by atomic mass is 32.1. The molecule has 0 bridgehead atoms. The second kappa shape index (κ2) is 4.17. The van der Waals surface area contributed by atoms with Crippen LogP contribution < -0.4 is 5.73 Å². The third kappa shape index (κ3) is 2.11. The molecule has 0 aliphatic heterocycles. The lowest BCUT2D eigenvalue weighted by Gasteiger charge is -2.13. The standard InChI is InChI=1S/C13H15NS/c1-9-5-6-11(10(2)8-9)13(14)12-4-3-7-15-12/h3-8,13H,14H2,1-2H3. The normalized spacial score (nSPS) is 12.7. The number of hydrogen-bond acceptors (Lipinski definition) is 2. The molecule has 0 amide bonds. The molecule has 78 valence electrons. The highest BCUT2D eigenvalue weighted by molar-refractivity contribution is 7.10. The van der Waals surface area contributed by atoms with Gasteiger partial charge < -0.3 is 5.73 Å². The molecule has 1 atom stereocenters. The van der Waals surface area contributed by atoms with E-state index in [0.29, 0.717) is 0 Å². The van der Waals surface area contributed by atoms with Crippen molar-refractivity contribution in [2.24, 2.45) is 5.73 Å². The third-order valence-corrected chi connectivity index (χ3v) is 3.57. The fourth-order valence-electron chi connectivity index (χ4n) is 1.80. The SMILES string of the molecule is Cc1ccc(C(N)c2cccs2)c(C)c1. The predicted octanol–water partition coefficient (Wildman–Crippen LogP) is 3.41. The molecule has 1 heterocycles. The second-order valence-corrected chi connectivity index (χ2v) is 4.83. The molecule has 0 saturated heterocycles. The van der Waals surface area contributed by atoms with Crippen molar-refractivity contribution in [3.63, 3.8) is 0 Å². The van der Waals surface area contributed by atoms with Crippen LogP contribution in [0.2, 0.25) is 0 Å². The Hall–Kier alpha value is -1.12. The Labute approximate surface area is 94.6 Å². The Morgan fingerprint density at radius 1 is 1.20 bits per heavy atom. The number of aryl methyl sites for hydroxylation is 2. The minimum Gasteiger partial charge on any atom is -0.320 e. The van der Waals surface area contributed by atoms with Crippen molar-refractivity contribution in [2.45, 2.75) is 19.9 Å². The summed E-state index contributed by atoms with van der Waals surface area (Å²) in [4.78, 5) is 1.22. The van der Waals surface area contributed by atoms with Crippen LogP contribution in [0.1, 0.15) is 27.6 Å². The van der Waals surface area contributed by atoms with Gasteiger partial charge in [-0.3, -0.25) is 0 Å². The van der Waals surface area contributed by atoms with Gasteiger partial charge in [0, 0.05) is 4.88 Å². The van der Waals surface area contributed by atoms with Crippen LogP contribution in [0.3, 0.4) is 0 Å². The van der Waals surface area contributed by atoms with Crippen molar-refractivity contribution < 1.29 is 0 Å². The molecule has 0 aliphatic carbocycles. The zero-order valence-electron chi connectivity index (χ0n) is 9.03. The largest absolute Gasteiger partial charge is 0.320 e. The van der Waals surface area contributed by atoms with Crippen molar-refractivity contribution in [3.05, 3.63) is 57.3 Å². The molecule has 1 nitrogen and oxygen atoms in total. The molecular weight excluding hydrogens is 202 g/mol. The topological polar surface area (TPSA) is 26.0 Å². The van der Waals surface area contributed by atoms with Crippen molar-refractivity contribution in [2.75, 3.05) is 0 Å². The van der Waals surface area contributed by atoms with Gasteiger partial charge in [0.1, 0.15) is 0 Å². The van der Waals surface area contributed by atoms with Gasteiger partial charge in [-0.15, -0.1) is 11.3 Å². The zero-order valence-corrected chi connectivity index (χ0v) is 9.84. The summed E-state index contributed by atoms with van der Waals surface area (Å²) in [5, 5.41) is 2.07. The summed E-state index contributed by atoms with van der Waals surface area (Å²) in [6, 6.07) is 10.6. The maximum atomic E-state index is 6.22. The van der Waals surface area contributed by atoms with E-state index in [1.165, 1.54) is 21.6 Å². The number of nitrogens with two attached hydrogens (primary N) is 1. The Morgan fingerprint density at radius 3 is 2.60 bits per heavy atom. The van der Waals surface area contributed by atoms with E-state index in [1.54, 1.807) is 11.3 Å². The fourth-order valence-corrected chi connectivity index (χ4v) is 2.54. The maximum Gasteiger partial charge on any atom is 0.0648 e. The molecule has 1 aromatic carbocycles. The van der Waals surface area contributed by atoms with Crippen LogP contribution in [-0.2, 0) is 0 Å². The zero-order chi connectivity index (χ0) is 10.8. The van der Waals surface area contributed by atoms with Gasteiger partial charge in [-0.05, 0) is 36.4 Å². The molecule has 1 unspecified atom stereocenters. The minimum atomic E-state index is 0.0191. The second-order valence-electron chi connectivity index (χ2n) is 3.85. The van der Waals surface area contributed by atoms with Gasteiger partial charge in [0.05, 0.1) is 6.04 Å². The van der Waals surface area contributed by atoms with Gasteiger partial charge >= 0.3 is 0 Å². The average Bonchev–Trinajstić information content (AvgIpc) is 2.69. The molecule has 15 heavy (non-hydrogen) atoms. The van der Waals surface area contributed by atoms with E-state index in [1.807, 2.05) is 6.07 Å². The molecule has 0 fully saturated rings. The summed E-state index contributed by atoms with van der Waals surface area (Å²) >= 11 is 1.71. The summed E-state index contributed by atoms with van der Waals surface area (Å²) in [5.41, 5.74) is 10.0. The van der Waals surface area contributed by atoms with Gasteiger partial charge in [-0.1, -0.05) is 29.8 Å². The van der Waals surface area contributed by atoms with Gasteiger partial charge in [-0.2, -0.15) is 0 Å². The number of hydrogen-bond donors (Lipinski definition) is 1. The molecule has 2 rings (SSSR count). The van der Waals surface area contributed by atoms with Gasteiger partial charge in [0.2, 0.25) is 0 Å². The molecular formula is C13H15NS. The Kier molecular flexibility index (Phi) is 2.89. The number of benzene rings is 1. The van der Waals surface area contributed by atoms with Crippen molar-refractivity contribution in [3.8, 4) is 0 Å². The van der Waals surface area contributed by atoms with Crippen LogP contribution in [0.15, 0.2) is 35.7 Å². The van der Waals surface area contributed by atoms with Crippen LogP contribution in [-0.4, -0.2) is 0 Å². The summed E-state index contributed by atoms with van der Waals surface area (Å²) in [5.74, 6) is 0. The Balaban J connectivity index is 2.38. The molecule has 1 aromatic heterocycles. The first-order valence-electron chi connectivity index (χ1n) is 5.04. The molecule has 0 spiro atoms. The molecule has 2 N–H and O–H groups in total. The summed E-state index contributed by atoms with van der Waals surface area (Å²) in [7, 11) is 0. The molecule has 0 aliphatic rings. The van der Waals surface area contributed by atoms with Crippen molar-refractivity contribution in [1.82, 2.24) is 0 Å². The molecule has 0 radical (unpaired) electrons. The van der Waals surface area contributed by atoms with Crippen LogP contribution in [0.4, 0.5) is 0 Å². The monoisotopic (exact) mass is 217 g/mol. The average molecular weight is 217 g/mol. The maximum absolute atomic E-state index is 6.22.